The number of hydrogen-bond donors (Lipinski definition) is 2. The van der Waals surface area contributed by atoms with Crippen molar-refractivity contribution in [1.82, 2.24) is 24.8 Å². The summed E-state index contributed by atoms with van der Waals surface area (Å²) >= 11 is 7.51. The van der Waals surface area contributed by atoms with Crippen molar-refractivity contribution < 1.29 is 9.53 Å². The fourth-order valence-electron chi connectivity index (χ4n) is 3.04. The predicted octanol–water partition coefficient (Wildman–Crippen LogP) is 3.24. The Morgan fingerprint density at radius 3 is 2.87 bits per heavy atom. The van der Waals surface area contributed by atoms with Gasteiger partial charge in [0.1, 0.15) is 11.2 Å². The van der Waals surface area contributed by atoms with Crippen LogP contribution in [-0.2, 0) is 6.54 Å². The Morgan fingerprint density at radius 1 is 1.33 bits per heavy atom. The Bertz CT molecular complexity index is 1230. The van der Waals surface area contributed by atoms with Gasteiger partial charge in [0.05, 0.1) is 17.7 Å². The summed E-state index contributed by atoms with van der Waals surface area (Å²) in [7, 11) is 1.49. The Hall–Kier alpha value is -3.04. The molecule has 4 heterocycles. The average molecular weight is 443 g/mol. The third-order valence-corrected chi connectivity index (χ3v) is 5.52. The van der Waals surface area contributed by atoms with E-state index in [4.69, 9.17) is 16.3 Å². The van der Waals surface area contributed by atoms with Crippen LogP contribution in [0.5, 0.6) is 5.88 Å². The molecule has 5 aromatic rings. The number of amides is 1. The number of pyridine rings is 1. The molecule has 4 aromatic heterocycles. The summed E-state index contributed by atoms with van der Waals surface area (Å²) in [5.74, 6) is 0.783. The number of ether oxygens (including phenoxy) is 1. The maximum Gasteiger partial charge on any atom is 0.256 e. The largest absolute Gasteiger partial charge is 0.480 e. The highest BCUT2D eigenvalue weighted by molar-refractivity contribution is 7.98. The molecule has 0 spiro atoms. The van der Waals surface area contributed by atoms with Gasteiger partial charge in [0.2, 0.25) is 11.7 Å². The first-order valence-electron chi connectivity index (χ1n) is 9.14. The second-order valence-electron chi connectivity index (χ2n) is 6.32. The number of methoxy groups -OCH3 is 1. The van der Waals surface area contributed by atoms with E-state index < -0.39 is 0 Å². The third kappa shape index (κ3) is 3.99. The Balaban J connectivity index is 1.50. The standard InChI is InChI=1S/C20H19ClN6O2S/c1-29-19-14(4-3-9-23-19)18(28)22-10-11-27-17-15(30-2)16(25-20(27)26-17)24-13-7-5-12(21)6-8-13/h3-9H,10-11H2,1-2H3,(H,22,28)(H,24,25,26). The number of fused-ring (bicyclic) bond motifs is 2. The molecular weight excluding hydrogens is 424 g/mol. The van der Waals surface area contributed by atoms with Gasteiger partial charge in [0.25, 0.3) is 5.91 Å². The number of halogens is 1. The predicted molar refractivity (Wildman–Crippen MR) is 117 cm³/mol. The van der Waals surface area contributed by atoms with Gasteiger partial charge in [-0.2, -0.15) is 4.98 Å². The normalized spacial score (nSPS) is 11.9. The van der Waals surface area contributed by atoms with Gasteiger partial charge < -0.3 is 15.0 Å². The molecule has 154 valence electrons. The number of benzene rings is 1. The van der Waals surface area contributed by atoms with E-state index in [-0.39, 0.29) is 5.91 Å². The van der Waals surface area contributed by atoms with Crippen LogP contribution in [0.3, 0.4) is 0 Å². The quantitative estimate of drug-likeness (QED) is 0.428. The highest BCUT2D eigenvalue weighted by Crippen LogP contribution is 2.22. The summed E-state index contributed by atoms with van der Waals surface area (Å²) in [6, 6.07) is 10.7. The van der Waals surface area contributed by atoms with Crippen molar-refractivity contribution in [3.63, 3.8) is 0 Å². The number of rotatable bonds is 7. The summed E-state index contributed by atoms with van der Waals surface area (Å²) < 4.78 is 7.16. The molecule has 0 aliphatic carbocycles. The lowest BCUT2D eigenvalue weighted by molar-refractivity contribution is 0.0948. The van der Waals surface area contributed by atoms with Gasteiger partial charge >= 0.3 is 0 Å². The van der Waals surface area contributed by atoms with Crippen molar-refractivity contribution in [2.75, 3.05) is 19.9 Å². The molecule has 0 aliphatic heterocycles. The lowest BCUT2D eigenvalue weighted by Crippen LogP contribution is -2.31. The van der Waals surface area contributed by atoms with E-state index in [1.54, 1.807) is 42.2 Å². The van der Waals surface area contributed by atoms with Crippen LogP contribution in [0.4, 0.5) is 5.69 Å². The zero-order valence-electron chi connectivity index (χ0n) is 16.3. The maximum absolute atomic E-state index is 12.4. The van der Waals surface area contributed by atoms with Gasteiger partial charge in [-0.05, 0) is 42.7 Å². The molecule has 0 aliphatic rings. The highest BCUT2D eigenvalue weighted by Gasteiger charge is 2.17. The second kappa shape index (κ2) is 8.76. The minimum atomic E-state index is -0.232. The number of aromatic amines is 1. The first-order chi connectivity index (χ1) is 14.6. The van der Waals surface area contributed by atoms with E-state index in [0.717, 1.165) is 16.2 Å². The highest BCUT2D eigenvalue weighted by atomic mass is 35.5. The minimum absolute atomic E-state index is 0.232. The molecular formula is C20H19ClN6O2S. The summed E-state index contributed by atoms with van der Waals surface area (Å²) in [6.45, 7) is 1.01. The summed E-state index contributed by atoms with van der Waals surface area (Å²) in [5.41, 5.74) is 2.79. The van der Waals surface area contributed by atoms with Crippen molar-refractivity contribution in [3.8, 4) is 5.88 Å². The van der Waals surface area contributed by atoms with Crippen LogP contribution in [0.1, 0.15) is 10.4 Å². The molecule has 0 atom stereocenters. The topological polar surface area (TPSA) is 97.2 Å². The SMILES string of the molecule is COc1ncccc1C(=O)NCCn1c2nc(=Nc3ccc(Cl)cc3)c(SC)c1[nH]2. The fourth-order valence-corrected chi connectivity index (χ4v) is 3.79. The molecule has 0 fully saturated rings. The summed E-state index contributed by atoms with van der Waals surface area (Å²) in [5, 5.41) is 3.56. The van der Waals surface area contributed by atoms with E-state index >= 15 is 0 Å². The lowest BCUT2D eigenvalue weighted by Gasteiger charge is -2.19. The molecule has 2 bridgehead atoms. The summed E-state index contributed by atoms with van der Waals surface area (Å²) in [4.78, 5) is 29.9. The zero-order chi connectivity index (χ0) is 21.1. The van der Waals surface area contributed by atoms with Crippen LogP contribution >= 0.6 is 23.4 Å². The van der Waals surface area contributed by atoms with Crippen molar-refractivity contribution >= 4 is 46.4 Å². The molecule has 0 saturated carbocycles. The van der Waals surface area contributed by atoms with Gasteiger partial charge in [-0.15, -0.1) is 11.8 Å². The van der Waals surface area contributed by atoms with Crippen molar-refractivity contribution in [2.45, 2.75) is 11.4 Å². The lowest BCUT2D eigenvalue weighted by atomic mass is 10.2. The number of hydrogen-bond acceptors (Lipinski definition) is 6. The molecule has 0 radical (unpaired) electrons. The molecule has 0 saturated heterocycles. The number of H-pyrrole nitrogens is 1. The molecule has 0 unspecified atom stereocenters. The minimum Gasteiger partial charge on any atom is -0.480 e. The number of nitrogens with one attached hydrogen (secondary N) is 2. The van der Waals surface area contributed by atoms with E-state index in [2.05, 4.69) is 25.3 Å². The van der Waals surface area contributed by atoms with Crippen molar-refractivity contribution in [2.24, 2.45) is 4.99 Å². The first kappa shape index (κ1) is 20.2. The molecule has 8 nitrogen and oxygen atoms in total. The molecule has 1 aromatic carbocycles. The van der Waals surface area contributed by atoms with Crippen LogP contribution in [0, 0.1) is 0 Å². The molecule has 10 heteroatoms. The monoisotopic (exact) mass is 442 g/mol. The molecule has 5 rings (SSSR count). The smallest absolute Gasteiger partial charge is 0.256 e. The Labute approximate surface area is 181 Å². The number of thioether (sulfide) groups is 1. The van der Waals surface area contributed by atoms with E-state index in [1.165, 1.54) is 7.11 Å². The van der Waals surface area contributed by atoms with Gasteiger partial charge in [-0.1, -0.05) is 11.6 Å². The van der Waals surface area contributed by atoms with Crippen LogP contribution in [0.25, 0.3) is 11.4 Å². The van der Waals surface area contributed by atoms with E-state index in [1.807, 2.05) is 23.0 Å². The molecule has 1 amide bonds. The Morgan fingerprint density at radius 2 is 2.13 bits per heavy atom. The van der Waals surface area contributed by atoms with E-state index in [9.17, 15) is 4.79 Å². The van der Waals surface area contributed by atoms with Crippen LogP contribution < -0.4 is 15.5 Å². The van der Waals surface area contributed by atoms with Crippen molar-refractivity contribution in [3.05, 3.63) is 58.7 Å². The van der Waals surface area contributed by atoms with Crippen LogP contribution in [-0.4, -0.2) is 45.3 Å². The van der Waals surface area contributed by atoms with Crippen LogP contribution in [0.2, 0.25) is 5.02 Å². The van der Waals surface area contributed by atoms with Gasteiger partial charge in [0, 0.05) is 24.3 Å². The number of aromatic nitrogens is 4. The van der Waals surface area contributed by atoms with Gasteiger partial charge in [-0.25, -0.2) is 9.98 Å². The maximum atomic E-state index is 12.4. The fraction of sp³-hybridized carbons (Fsp3) is 0.200. The van der Waals surface area contributed by atoms with Crippen LogP contribution in [0.15, 0.2) is 52.5 Å². The second-order valence-corrected chi connectivity index (χ2v) is 7.57. The molecule has 2 N–H and O–H groups in total. The number of carbonyl (C=O) groups is 1. The van der Waals surface area contributed by atoms with Gasteiger partial charge in [-0.3, -0.25) is 9.36 Å². The average Bonchev–Trinajstić information content (AvgIpc) is 2.77. The van der Waals surface area contributed by atoms with Gasteiger partial charge in [0.15, 0.2) is 5.49 Å². The third-order valence-electron chi connectivity index (χ3n) is 4.48. The van der Waals surface area contributed by atoms with Crippen molar-refractivity contribution in [1.29, 1.82) is 0 Å². The number of carbonyl (C=O) groups excluding carboxylic acids is 1. The number of nitrogens with zero attached hydrogens (tertiary/aromatic N) is 4. The van der Waals surface area contributed by atoms with E-state index in [0.29, 0.717) is 40.8 Å². The summed E-state index contributed by atoms with van der Waals surface area (Å²) in [6.07, 6.45) is 3.56. The first-order valence-corrected chi connectivity index (χ1v) is 10.7. The Kier molecular flexibility index (Phi) is 5.91. The molecule has 30 heavy (non-hydrogen) atoms. The zero-order valence-corrected chi connectivity index (χ0v) is 17.9.